The van der Waals surface area contributed by atoms with E-state index in [1.165, 1.54) is 7.11 Å². The normalized spacial score (nSPS) is 9.89. The van der Waals surface area contributed by atoms with Crippen LogP contribution < -0.4 is 4.74 Å². The van der Waals surface area contributed by atoms with Crippen molar-refractivity contribution in [3.05, 3.63) is 29.8 Å². The third-order valence-electron chi connectivity index (χ3n) is 2.30. The highest BCUT2D eigenvalue weighted by Crippen LogP contribution is 2.19. The summed E-state index contributed by atoms with van der Waals surface area (Å²) >= 11 is 0. The summed E-state index contributed by atoms with van der Waals surface area (Å²) in [5.41, 5.74) is 0.599. The Morgan fingerprint density at radius 3 is 2.61 bits per heavy atom. The van der Waals surface area contributed by atoms with E-state index in [1.807, 2.05) is 0 Å². The number of methoxy groups -OCH3 is 1. The Morgan fingerprint density at radius 2 is 1.94 bits per heavy atom. The topological polar surface area (TPSA) is 72.8 Å². The van der Waals surface area contributed by atoms with Crippen molar-refractivity contribution in [3.8, 4) is 5.75 Å². The van der Waals surface area contributed by atoms with E-state index in [0.717, 1.165) is 0 Å². The first-order chi connectivity index (χ1) is 8.67. The van der Waals surface area contributed by atoms with E-state index < -0.39 is 11.9 Å². The Balaban J connectivity index is 2.69. The van der Waals surface area contributed by atoms with Gasteiger partial charge in [0, 0.05) is 18.6 Å². The fourth-order valence-corrected chi connectivity index (χ4v) is 1.37. The van der Waals surface area contributed by atoms with Crippen molar-refractivity contribution in [1.82, 2.24) is 0 Å². The van der Waals surface area contributed by atoms with Crippen LogP contribution >= 0.6 is 0 Å². The number of ether oxygens (including phenoxy) is 2. The molecule has 5 heteroatoms. The molecule has 0 aromatic heterocycles. The lowest BCUT2D eigenvalue weighted by Crippen LogP contribution is -2.11. The van der Waals surface area contributed by atoms with Gasteiger partial charge in [0.1, 0.15) is 5.75 Å². The second-order valence-electron chi connectivity index (χ2n) is 3.66. The molecule has 1 N–H and O–H groups in total. The van der Waals surface area contributed by atoms with Gasteiger partial charge in [0.05, 0.1) is 13.5 Å². The first-order valence-corrected chi connectivity index (χ1v) is 5.63. The number of esters is 2. The number of carbonyl (C=O) groups excluding carboxylic acids is 2. The van der Waals surface area contributed by atoms with Crippen molar-refractivity contribution in [1.29, 1.82) is 0 Å². The highest BCUT2D eigenvalue weighted by Gasteiger charge is 2.11. The molecule has 1 aromatic rings. The van der Waals surface area contributed by atoms with Gasteiger partial charge in [0.2, 0.25) is 0 Å². The van der Waals surface area contributed by atoms with E-state index in [0.29, 0.717) is 17.7 Å². The predicted octanol–water partition coefficient (Wildman–Crippen LogP) is 1.08. The molecule has 0 aliphatic carbocycles. The van der Waals surface area contributed by atoms with Gasteiger partial charge in [-0.3, -0.25) is 9.59 Å². The molecule has 5 nitrogen and oxygen atoms in total. The van der Waals surface area contributed by atoms with Crippen molar-refractivity contribution < 1.29 is 24.2 Å². The molecule has 0 aliphatic heterocycles. The lowest BCUT2D eigenvalue weighted by Gasteiger charge is -2.08. The molecule has 1 aromatic carbocycles. The number of rotatable bonds is 6. The Kier molecular flexibility index (Phi) is 5.87. The minimum atomic E-state index is -0.429. The molecule has 0 amide bonds. The molecule has 0 aliphatic rings. The fraction of sp³-hybridized carbons (Fsp3) is 0.385. The van der Waals surface area contributed by atoms with Crippen molar-refractivity contribution in [2.24, 2.45) is 0 Å². The number of hydrogen-bond donors (Lipinski definition) is 1. The molecule has 98 valence electrons. The van der Waals surface area contributed by atoms with Gasteiger partial charge in [-0.1, -0.05) is 18.2 Å². The summed E-state index contributed by atoms with van der Waals surface area (Å²) in [5.74, 6) is -0.471. The predicted molar refractivity (Wildman–Crippen MR) is 64.1 cm³/mol. The summed E-state index contributed by atoms with van der Waals surface area (Å²) in [7, 11) is 1.30. The smallest absolute Gasteiger partial charge is 0.311 e. The van der Waals surface area contributed by atoms with Crippen LogP contribution in [0.5, 0.6) is 5.75 Å². The Morgan fingerprint density at radius 1 is 1.22 bits per heavy atom. The lowest BCUT2D eigenvalue weighted by molar-refractivity contribution is -0.140. The van der Waals surface area contributed by atoms with Gasteiger partial charge in [-0.15, -0.1) is 0 Å². The standard InChI is InChI=1S/C13H16O5/c1-17-13(16)9-10-5-2-3-6-11(10)18-12(15)7-4-8-14/h2-3,5-6,14H,4,7-9H2,1H3. The van der Waals surface area contributed by atoms with Crippen LogP contribution in [-0.2, 0) is 20.7 Å². The minimum Gasteiger partial charge on any atom is -0.469 e. The van der Waals surface area contributed by atoms with Gasteiger partial charge >= 0.3 is 11.9 Å². The maximum absolute atomic E-state index is 11.4. The highest BCUT2D eigenvalue weighted by atomic mass is 16.5. The summed E-state index contributed by atoms with van der Waals surface area (Å²) in [5, 5.41) is 8.62. The third-order valence-corrected chi connectivity index (χ3v) is 2.30. The molecular weight excluding hydrogens is 236 g/mol. The number of para-hydroxylation sites is 1. The Labute approximate surface area is 105 Å². The van der Waals surface area contributed by atoms with Crippen LogP contribution in [0.3, 0.4) is 0 Å². The summed E-state index contributed by atoms with van der Waals surface area (Å²) in [4.78, 5) is 22.6. The van der Waals surface area contributed by atoms with E-state index in [1.54, 1.807) is 24.3 Å². The average Bonchev–Trinajstić information content (AvgIpc) is 2.38. The molecule has 0 bridgehead atoms. The van der Waals surface area contributed by atoms with Crippen LogP contribution in [-0.4, -0.2) is 30.8 Å². The summed E-state index contributed by atoms with van der Waals surface area (Å²) in [6.45, 7) is -0.0566. The molecule has 0 heterocycles. The maximum Gasteiger partial charge on any atom is 0.311 e. The fourth-order valence-electron chi connectivity index (χ4n) is 1.37. The quantitative estimate of drug-likeness (QED) is 0.606. The molecule has 0 atom stereocenters. The first-order valence-electron chi connectivity index (χ1n) is 5.63. The lowest BCUT2D eigenvalue weighted by atomic mass is 10.1. The SMILES string of the molecule is COC(=O)Cc1ccccc1OC(=O)CCCO. The number of hydrogen-bond acceptors (Lipinski definition) is 5. The number of aliphatic hydroxyl groups excluding tert-OH is 1. The van der Waals surface area contributed by atoms with Crippen LogP contribution in [0.1, 0.15) is 18.4 Å². The molecule has 0 radical (unpaired) electrons. The van der Waals surface area contributed by atoms with Crippen molar-refractivity contribution in [2.45, 2.75) is 19.3 Å². The molecule has 0 saturated heterocycles. The number of benzene rings is 1. The van der Waals surface area contributed by atoms with Gasteiger partial charge < -0.3 is 14.6 Å². The zero-order chi connectivity index (χ0) is 13.4. The Bertz CT molecular complexity index is 414. The third kappa shape index (κ3) is 4.55. The largest absolute Gasteiger partial charge is 0.469 e. The Hall–Kier alpha value is -1.88. The van der Waals surface area contributed by atoms with E-state index in [2.05, 4.69) is 4.74 Å². The van der Waals surface area contributed by atoms with Crippen molar-refractivity contribution in [2.75, 3.05) is 13.7 Å². The maximum atomic E-state index is 11.4. The molecule has 1 rings (SSSR count). The van der Waals surface area contributed by atoms with Gasteiger partial charge in [0.25, 0.3) is 0 Å². The average molecular weight is 252 g/mol. The minimum absolute atomic E-state index is 0.0555. The molecule has 0 spiro atoms. The zero-order valence-electron chi connectivity index (χ0n) is 10.2. The molecule has 0 saturated carbocycles. The van der Waals surface area contributed by atoms with Gasteiger partial charge in [0.15, 0.2) is 0 Å². The van der Waals surface area contributed by atoms with Gasteiger partial charge in [-0.2, -0.15) is 0 Å². The number of carbonyl (C=O) groups is 2. The van der Waals surface area contributed by atoms with Crippen LogP contribution in [0.15, 0.2) is 24.3 Å². The first kappa shape index (κ1) is 14.2. The van der Waals surface area contributed by atoms with Crippen LogP contribution in [0.25, 0.3) is 0 Å². The van der Waals surface area contributed by atoms with Crippen LogP contribution in [0, 0.1) is 0 Å². The van der Waals surface area contributed by atoms with Crippen molar-refractivity contribution in [3.63, 3.8) is 0 Å². The van der Waals surface area contributed by atoms with E-state index >= 15 is 0 Å². The van der Waals surface area contributed by atoms with Crippen LogP contribution in [0.4, 0.5) is 0 Å². The van der Waals surface area contributed by atoms with Crippen molar-refractivity contribution >= 4 is 11.9 Å². The zero-order valence-corrected chi connectivity index (χ0v) is 10.2. The molecule has 18 heavy (non-hydrogen) atoms. The van der Waals surface area contributed by atoms with E-state index in [4.69, 9.17) is 9.84 Å². The monoisotopic (exact) mass is 252 g/mol. The van der Waals surface area contributed by atoms with Crippen LogP contribution in [0.2, 0.25) is 0 Å². The summed E-state index contributed by atoms with van der Waals surface area (Å²) < 4.78 is 9.70. The number of aliphatic hydroxyl groups is 1. The van der Waals surface area contributed by atoms with Gasteiger partial charge in [-0.25, -0.2) is 0 Å². The molecule has 0 unspecified atom stereocenters. The van der Waals surface area contributed by atoms with Gasteiger partial charge in [-0.05, 0) is 12.5 Å². The summed E-state index contributed by atoms with van der Waals surface area (Å²) in [6.07, 6.45) is 0.557. The molecule has 0 fully saturated rings. The molecular formula is C13H16O5. The summed E-state index contributed by atoms with van der Waals surface area (Å²) in [6, 6.07) is 6.79. The van der Waals surface area contributed by atoms with E-state index in [-0.39, 0.29) is 19.4 Å². The van der Waals surface area contributed by atoms with E-state index in [9.17, 15) is 9.59 Å². The second kappa shape index (κ2) is 7.45. The second-order valence-corrected chi connectivity index (χ2v) is 3.66. The highest BCUT2D eigenvalue weighted by molar-refractivity contribution is 5.76.